The lowest BCUT2D eigenvalue weighted by molar-refractivity contribution is -0.120. The lowest BCUT2D eigenvalue weighted by Gasteiger charge is -2.13. The van der Waals surface area contributed by atoms with Gasteiger partial charge in [0.2, 0.25) is 5.91 Å². The smallest absolute Gasteiger partial charge is 0.253 e. The Morgan fingerprint density at radius 1 is 1.29 bits per heavy atom. The van der Waals surface area contributed by atoms with E-state index in [9.17, 15) is 9.59 Å². The maximum absolute atomic E-state index is 12.2. The molecule has 1 rings (SSSR count). The van der Waals surface area contributed by atoms with Gasteiger partial charge in [-0.25, -0.2) is 0 Å². The van der Waals surface area contributed by atoms with E-state index >= 15 is 0 Å². The Balaban J connectivity index is 2.72. The Morgan fingerprint density at radius 3 is 2.62 bits per heavy atom. The predicted molar refractivity (Wildman–Crippen MR) is 85.8 cm³/mol. The van der Waals surface area contributed by atoms with Crippen molar-refractivity contribution >= 4 is 29.1 Å². The molecule has 21 heavy (non-hydrogen) atoms. The molecule has 5 nitrogen and oxygen atoms in total. The second-order valence-electron chi connectivity index (χ2n) is 5.02. The normalized spacial score (nSPS) is 10.3. The molecule has 1 aromatic rings. The molecule has 0 bridgehead atoms. The molecule has 0 aliphatic carbocycles. The van der Waals surface area contributed by atoms with Crippen LogP contribution in [-0.4, -0.2) is 30.9 Å². The van der Waals surface area contributed by atoms with Crippen LogP contribution in [-0.2, 0) is 4.79 Å². The molecule has 3 N–H and O–H groups in total. The number of anilines is 1. The van der Waals surface area contributed by atoms with Crippen molar-refractivity contribution in [2.24, 2.45) is 0 Å². The van der Waals surface area contributed by atoms with Crippen LogP contribution in [0, 0.1) is 0 Å². The topological polar surface area (TPSA) is 70.2 Å². The molecule has 0 aliphatic rings. The van der Waals surface area contributed by atoms with Crippen molar-refractivity contribution < 1.29 is 9.59 Å². The van der Waals surface area contributed by atoms with Crippen molar-refractivity contribution in [3.8, 4) is 0 Å². The van der Waals surface area contributed by atoms with Gasteiger partial charge in [0.1, 0.15) is 0 Å². The van der Waals surface area contributed by atoms with Crippen molar-refractivity contribution in [3.05, 3.63) is 28.8 Å². The fourth-order valence-electron chi connectivity index (χ4n) is 1.75. The molecular weight excluding hydrogens is 290 g/mol. The maximum atomic E-state index is 12.2. The summed E-state index contributed by atoms with van der Waals surface area (Å²) in [5.41, 5.74) is 1.15. The van der Waals surface area contributed by atoms with E-state index in [2.05, 4.69) is 16.0 Å². The number of hydrogen-bond donors (Lipinski definition) is 3. The van der Waals surface area contributed by atoms with Crippen LogP contribution in [0.4, 0.5) is 5.69 Å². The van der Waals surface area contributed by atoms with Crippen molar-refractivity contribution in [1.29, 1.82) is 0 Å². The van der Waals surface area contributed by atoms with Gasteiger partial charge in [0.25, 0.3) is 5.91 Å². The minimum absolute atomic E-state index is 0.0438. The van der Waals surface area contributed by atoms with Gasteiger partial charge in [-0.1, -0.05) is 18.5 Å². The van der Waals surface area contributed by atoms with E-state index in [4.69, 9.17) is 11.6 Å². The highest BCUT2D eigenvalue weighted by Crippen LogP contribution is 2.20. The Morgan fingerprint density at radius 2 is 2.00 bits per heavy atom. The summed E-state index contributed by atoms with van der Waals surface area (Å²) in [6.07, 6.45) is 0.945. The van der Waals surface area contributed by atoms with Crippen LogP contribution in [0.1, 0.15) is 37.6 Å². The minimum atomic E-state index is -0.324. The van der Waals surface area contributed by atoms with E-state index in [1.54, 1.807) is 18.2 Å². The summed E-state index contributed by atoms with van der Waals surface area (Å²) in [5, 5.41) is 8.96. The largest absolute Gasteiger partial charge is 0.384 e. The Bertz CT molecular complexity index is 504. The molecule has 1 aromatic carbocycles. The van der Waals surface area contributed by atoms with Crippen LogP contribution in [0.15, 0.2) is 18.2 Å². The summed E-state index contributed by atoms with van der Waals surface area (Å²) in [5.74, 6) is -0.543. The molecule has 0 radical (unpaired) electrons. The molecule has 0 saturated heterocycles. The van der Waals surface area contributed by atoms with E-state index in [1.165, 1.54) is 0 Å². The van der Waals surface area contributed by atoms with Gasteiger partial charge in [-0.2, -0.15) is 0 Å². The molecular formula is C15H22ClN3O2. The predicted octanol–water partition coefficient (Wildman–Crippen LogP) is 2.42. The number of benzene rings is 1. The Hall–Kier alpha value is -1.75. The first-order chi connectivity index (χ1) is 9.93. The maximum Gasteiger partial charge on any atom is 0.253 e. The third kappa shape index (κ3) is 6.04. The monoisotopic (exact) mass is 311 g/mol. The van der Waals surface area contributed by atoms with E-state index in [-0.39, 0.29) is 24.4 Å². The third-order valence-electron chi connectivity index (χ3n) is 2.65. The van der Waals surface area contributed by atoms with Gasteiger partial charge in [-0.05, 0) is 38.5 Å². The molecule has 0 atom stereocenters. The molecule has 0 saturated carbocycles. The summed E-state index contributed by atoms with van der Waals surface area (Å²) in [4.78, 5) is 23.7. The summed E-state index contributed by atoms with van der Waals surface area (Å²) in [7, 11) is 0. The zero-order chi connectivity index (χ0) is 15.8. The second-order valence-corrected chi connectivity index (χ2v) is 5.46. The standard InChI is InChI=1S/C15H22ClN3O2/c1-4-7-17-13-6-5-11(16)8-12(13)15(21)18-9-14(20)19-10(2)3/h5-6,8,10,17H,4,7,9H2,1-3H3,(H,18,21)(H,19,20). The Labute approximate surface area is 130 Å². The summed E-state index contributed by atoms with van der Waals surface area (Å²) >= 11 is 5.94. The van der Waals surface area contributed by atoms with Gasteiger partial charge in [-0.3, -0.25) is 9.59 Å². The van der Waals surface area contributed by atoms with E-state index in [0.717, 1.165) is 13.0 Å². The lowest BCUT2D eigenvalue weighted by atomic mass is 10.1. The number of nitrogens with one attached hydrogen (secondary N) is 3. The van der Waals surface area contributed by atoms with Crippen molar-refractivity contribution in [1.82, 2.24) is 10.6 Å². The molecule has 0 spiro atoms. The first-order valence-electron chi connectivity index (χ1n) is 7.05. The van der Waals surface area contributed by atoms with Crippen LogP contribution >= 0.6 is 11.6 Å². The SMILES string of the molecule is CCCNc1ccc(Cl)cc1C(=O)NCC(=O)NC(C)C. The molecule has 0 heterocycles. The highest BCUT2D eigenvalue weighted by atomic mass is 35.5. The first kappa shape index (κ1) is 17.3. The summed E-state index contributed by atoms with van der Waals surface area (Å²) in [6, 6.07) is 5.13. The molecule has 0 unspecified atom stereocenters. The number of hydrogen-bond acceptors (Lipinski definition) is 3. The van der Waals surface area contributed by atoms with Crippen LogP contribution < -0.4 is 16.0 Å². The second kappa shape index (κ2) is 8.52. The quantitative estimate of drug-likeness (QED) is 0.724. The fourth-order valence-corrected chi connectivity index (χ4v) is 1.92. The summed E-state index contributed by atoms with van der Waals surface area (Å²) in [6.45, 7) is 6.47. The lowest BCUT2D eigenvalue weighted by Crippen LogP contribution is -2.40. The van der Waals surface area contributed by atoms with Crippen LogP contribution in [0.5, 0.6) is 0 Å². The highest BCUT2D eigenvalue weighted by Gasteiger charge is 2.13. The number of amides is 2. The number of carbonyl (C=O) groups excluding carboxylic acids is 2. The number of halogens is 1. The zero-order valence-corrected chi connectivity index (χ0v) is 13.4. The van der Waals surface area contributed by atoms with Crippen LogP contribution in [0.2, 0.25) is 5.02 Å². The number of rotatable bonds is 7. The van der Waals surface area contributed by atoms with Crippen LogP contribution in [0.25, 0.3) is 0 Å². The van der Waals surface area contributed by atoms with E-state index in [0.29, 0.717) is 16.3 Å². The van der Waals surface area contributed by atoms with Gasteiger partial charge in [-0.15, -0.1) is 0 Å². The van der Waals surface area contributed by atoms with Crippen molar-refractivity contribution in [2.45, 2.75) is 33.2 Å². The van der Waals surface area contributed by atoms with E-state index < -0.39 is 0 Å². The van der Waals surface area contributed by atoms with Gasteiger partial charge >= 0.3 is 0 Å². The molecule has 2 amide bonds. The van der Waals surface area contributed by atoms with Gasteiger partial charge in [0.05, 0.1) is 12.1 Å². The van der Waals surface area contributed by atoms with E-state index in [1.807, 2.05) is 20.8 Å². The first-order valence-corrected chi connectivity index (χ1v) is 7.42. The van der Waals surface area contributed by atoms with Crippen molar-refractivity contribution in [2.75, 3.05) is 18.4 Å². The van der Waals surface area contributed by atoms with Crippen LogP contribution in [0.3, 0.4) is 0 Å². The Kier molecular flexibility index (Phi) is 7.02. The molecule has 116 valence electrons. The highest BCUT2D eigenvalue weighted by molar-refractivity contribution is 6.31. The molecule has 0 aromatic heterocycles. The van der Waals surface area contributed by atoms with Gasteiger partial charge < -0.3 is 16.0 Å². The number of carbonyl (C=O) groups is 2. The average molecular weight is 312 g/mol. The van der Waals surface area contributed by atoms with Crippen molar-refractivity contribution in [3.63, 3.8) is 0 Å². The molecule has 0 fully saturated rings. The molecule has 6 heteroatoms. The average Bonchev–Trinajstić information content (AvgIpc) is 2.42. The van der Waals surface area contributed by atoms with Gasteiger partial charge in [0, 0.05) is 23.3 Å². The fraction of sp³-hybridized carbons (Fsp3) is 0.467. The molecule has 0 aliphatic heterocycles. The van der Waals surface area contributed by atoms with Gasteiger partial charge in [0.15, 0.2) is 0 Å². The third-order valence-corrected chi connectivity index (χ3v) is 2.89. The zero-order valence-electron chi connectivity index (χ0n) is 12.6. The minimum Gasteiger partial charge on any atom is -0.384 e. The summed E-state index contributed by atoms with van der Waals surface area (Å²) < 4.78 is 0.